The summed E-state index contributed by atoms with van der Waals surface area (Å²) in [6, 6.07) is 124. The highest BCUT2D eigenvalue weighted by Gasteiger charge is 2.46. The van der Waals surface area contributed by atoms with Crippen molar-refractivity contribution in [2.75, 3.05) is 9.80 Å². The average Bonchev–Trinajstić information content (AvgIpc) is 1.22. The molecule has 0 fully saturated rings. The molecule has 124 heavy (non-hydrogen) atoms. The smallest absolute Gasteiger partial charge is 0.252 e. The Hall–Kier alpha value is -13.7. The third kappa shape index (κ3) is 12.2. The lowest BCUT2D eigenvalue weighted by atomic mass is 9.33. The van der Waals surface area contributed by atoms with Crippen LogP contribution in [0.25, 0.3) is 160 Å². The Morgan fingerprint density at radius 2 is 0.565 bits per heavy atom. The van der Waals surface area contributed by atoms with Crippen molar-refractivity contribution in [3.63, 3.8) is 0 Å². The Morgan fingerprint density at radius 1 is 0.250 bits per heavy atom. The van der Waals surface area contributed by atoms with Gasteiger partial charge in [0.2, 0.25) is 0 Å². The van der Waals surface area contributed by atoms with E-state index < -0.39 is 0 Å². The minimum Gasteiger partial charge on any atom is -0.456 e. The number of rotatable bonds is 11. The topological polar surface area (TPSA) is 37.7 Å². The monoisotopic (exact) mass is 1580 g/mol. The number of furan rings is 2. The highest BCUT2D eigenvalue weighted by molar-refractivity contribution is 7.00. The van der Waals surface area contributed by atoms with E-state index >= 15 is 0 Å². The van der Waals surface area contributed by atoms with Crippen LogP contribution in [0.2, 0.25) is 0 Å². The van der Waals surface area contributed by atoms with Gasteiger partial charge in [-0.3, -0.25) is 0 Å². The van der Waals surface area contributed by atoms with Gasteiger partial charge in [-0.15, -0.1) is 10.9 Å². The fraction of sp³-hybridized carbons (Fsp3) is 0.0727. The first-order valence-electron chi connectivity index (χ1n) is 43.8. The van der Waals surface area contributed by atoms with Gasteiger partial charge in [0.25, 0.3) is 6.71 Å². The van der Waals surface area contributed by atoms with E-state index in [1.165, 1.54) is 93.0 Å². The standard InChI is InChI=1S/C110H88B9N3O2/c1-109(2,3)73-42-35-61(36-43-73)70-53-78(63-23-11-7-12-24-63)105(79(54-70)64-25-13-8-14-26-64)121-86-57-69(67-40-49-92-82(51-67)76-31-19-21-33-90(76)123-92)39-47-84(86)119-85-48-46-75(120-107-94(96(111)98(113)100(115)102(107)117)95-97(112)99(114)101(116)103(118)108(95)120)60-87(85)122(89-59-72(58-88(121)104(89)119)68-41-50-93-83(52-68)77-32-20-22-34-91(77)124-93)106-80(65-27-15-9-16-28-65)55-71(56-81(106)66-29-17-10-18-30-66)62-37-44-74(45-38-62)110(4,5)6/h7-60H,111-118H2,1-6H3. The molecular formula is C110H88B9N3O2. The van der Waals surface area contributed by atoms with Gasteiger partial charge in [0.05, 0.1) is 11.4 Å². The maximum absolute atomic E-state index is 6.79. The Balaban J connectivity index is 0.935. The van der Waals surface area contributed by atoms with Crippen molar-refractivity contribution >= 4 is 229 Å². The maximum Gasteiger partial charge on any atom is 0.252 e. The Morgan fingerprint density at radius 3 is 0.968 bits per heavy atom. The second-order valence-electron chi connectivity index (χ2n) is 36.9. The van der Waals surface area contributed by atoms with E-state index in [0.717, 1.165) is 173 Å². The highest BCUT2D eigenvalue weighted by atomic mass is 16.3. The van der Waals surface area contributed by atoms with Crippen molar-refractivity contribution in [1.82, 2.24) is 4.57 Å². The van der Waals surface area contributed by atoms with Gasteiger partial charge in [0.15, 0.2) is 0 Å². The van der Waals surface area contributed by atoms with Crippen LogP contribution >= 0.6 is 0 Å². The van der Waals surface area contributed by atoms with Crippen LogP contribution in [-0.2, 0) is 10.8 Å². The summed E-state index contributed by atoms with van der Waals surface area (Å²) in [5, 5.41) is 6.96. The van der Waals surface area contributed by atoms with Gasteiger partial charge in [0.1, 0.15) is 85.1 Å². The number of para-hydroxylation sites is 2. The van der Waals surface area contributed by atoms with Gasteiger partial charge < -0.3 is 23.2 Å². The van der Waals surface area contributed by atoms with Crippen LogP contribution in [0.1, 0.15) is 52.7 Å². The van der Waals surface area contributed by atoms with E-state index in [9.17, 15) is 0 Å². The fourth-order valence-electron chi connectivity index (χ4n) is 20.6. The molecule has 5 heterocycles. The summed E-state index contributed by atoms with van der Waals surface area (Å²) >= 11 is 0. The van der Waals surface area contributed by atoms with E-state index in [2.05, 4.69) is 446 Å². The molecule has 0 bridgehead atoms. The molecule has 5 nitrogen and oxygen atoms in total. The summed E-state index contributed by atoms with van der Waals surface area (Å²) in [5.74, 6) is 0. The molecule has 0 N–H and O–H groups in total. The number of anilines is 6. The Kier molecular flexibility index (Phi) is 17.9. The third-order valence-electron chi connectivity index (χ3n) is 27.9. The molecule has 0 atom stereocenters. The largest absolute Gasteiger partial charge is 0.456 e. The van der Waals surface area contributed by atoms with Gasteiger partial charge in [-0.25, -0.2) is 0 Å². The predicted molar refractivity (Wildman–Crippen MR) is 556 cm³/mol. The number of fused-ring (bicyclic) bond motifs is 13. The van der Waals surface area contributed by atoms with Crippen LogP contribution < -0.4 is 69.9 Å². The number of nitrogens with zero attached hydrogens (tertiary/aromatic N) is 3. The number of aromatic nitrogens is 1. The van der Waals surface area contributed by atoms with E-state index in [4.69, 9.17) is 8.83 Å². The second-order valence-corrected chi connectivity index (χ2v) is 36.9. The average molecular weight is 1580 g/mol. The normalized spacial score (nSPS) is 12.6. The molecule has 2 aliphatic rings. The summed E-state index contributed by atoms with van der Waals surface area (Å²) in [7, 11) is 18.8. The molecule has 0 saturated heterocycles. The van der Waals surface area contributed by atoms with Crippen LogP contribution in [0.4, 0.5) is 34.1 Å². The van der Waals surface area contributed by atoms with Gasteiger partial charge in [-0.1, -0.05) is 311 Å². The Bertz CT molecular complexity index is 7640. The molecule has 582 valence electrons. The zero-order valence-electron chi connectivity index (χ0n) is 72.9. The van der Waals surface area contributed by atoms with Crippen molar-refractivity contribution in [2.24, 2.45) is 0 Å². The zero-order chi connectivity index (χ0) is 84.6. The second kappa shape index (κ2) is 29.0. The van der Waals surface area contributed by atoms with Crippen molar-refractivity contribution in [3.8, 4) is 94.7 Å². The van der Waals surface area contributed by atoms with Crippen LogP contribution in [0.5, 0.6) is 0 Å². The number of hydrogen-bond donors (Lipinski definition) is 0. The molecule has 17 aromatic carbocycles. The lowest BCUT2D eigenvalue weighted by molar-refractivity contribution is 0.590. The van der Waals surface area contributed by atoms with Gasteiger partial charge in [0, 0.05) is 83.3 Å². The molecule has 0 aliphatic carbocycles. The van der Waals surface area contributed by atoms with E-state index in [1.807, 2.05) is 0 Å². The van der Waals surface area contributed by atoms with Crippen LogP contribution in [0, 0.1) is 0 Å². The minimum absolute atomic E-state index is 0.0398. The predicted octanol–water partition coefficient (Wildman–Crippen LogP) is 14.7. The highest BCUT2D eigenvalue weighted by Crippen LogP contribution is 2.56. The van der Waals surface area contributed by atoms with E-state index in [-0.39, 0.29) is 17.5 Å². The fourth-order valence-corrected chi connectivity index (χ4v) is 20.6. The van der Waals surface area contributed by atoms with Gasteiger partial charge in [-0.2, -0.15) is 0 Å². The quantitative estimate of drug-likeness (QED) is 0.121. The molecule has 0 spiro atoms. The summed E-state index contributed by atoms with van der Waals surface area (Å²) < 4.78 is 16.1. The molecule has 0 amide bonds. The summed E-state index contributed by atoms with van der Waals surface area (Å²) in [6.07, 6.45) is 0. The number of benzene rings is 17. The van der Waals surface area contributed by atoms with Crippen LogP contribution in [0.3, 0.4) is 0 Å². The van der Waals surface area contributed by atoms with Gasteiger partial charge in [-0.05, 0) is 207 Å². The Labute approximate surface area is 733 Å². The van der Waals surface area contributed by atoms with Crippen LogP contribution in [0.15, 0.2) is 336 Å². The molecule has 2 aliphatic heterocycles. The third-order valence-corrected chi connectivity index (χ3v) is 27.9. The lowest BCUT2D eigenvalue weighted by Crippen LogP contribution is -2.61. The van der Waals surface area contributed by atoms with Crippen molar-refractivity contribution in [2.45, 2.75) is 52.4 Å². The lowest BCUT2D eigenvalue weighted by Gasteiger charge is -2.46. The summed E-state index contributed by atoms with van der Waals surface area (Å²) in [4.78, 5) is 5.46. The van der Waals surface area contributed by atoms with E-state index in [1.54, 1.807) is 0 Å². The molecule has 20 aromatic rings. The molecule has 0 radical (unpaired) electrons. The molecule has 3 aromatic heterocycles. The molecule has 14 heteroatoms. The molecule has 0 saturated carbocycles. The van der Waals surface area contributed by atoms with Gasteiger partial charge >= 0.3 is 0 Å². The van der Waals surface area contributed by atoms with Crippen LogP contribution in [-0.4, -0.2) is 74.1 Å². The molecular weight excluding hydrogens is 1490 g/mol. The van der Waals surface area contributed by atoms with Crippen molar-refractivity contribution < 1.29 is 8.83 Å². The minimum atomic E-state index is -0.344. The first kappa shape index (κ1) is 76.5. The molecule has 22 rings (SSSR count). The molecule has 0 unspecified atom stereocenters. The SMILES string of the molecule is Bc1c(B)c(B)c2c(c1B)c1c(B)c(B)c(B)c(B)c1n2-c1ccc2c(c1)N(c1c(-c3ccccc3)cc(-c3ccc(C(C)(C)C)cc3)cc1-c1ccccc1)c1cc(-c3ccc4oc5ccccc5c4c3)cc3c1B2c1ccc(-c2ccc4oc5ccccc5c4c2)cc1N3c1c(-c2ccccc2)cc(-c2ccc(C(C)(C)C)cc2)cc1-c1ccccc1. The van der Waals surface area contributed by atoms with Crippen molar-refractivity contribution in [1.29, 1.82) is 0 Å². The zero-order valence-corrected chi connectivity index (χ0v) is 72.9. The first-order chi connectivity index (χ1) is 60.1. The number of hydrogen-bond acceptors (Lipinski definition) is 4. The van der Waals surface area contributed by atoms with E-state index in [0.29, 0.717) is 0 Å². The first-order valence-corrected chi connectivity index (χ1v) is 43.8. The van der Waals surface area contributed by atoms with Crippen molar-refractivity contribution in [3.05, 3.63) is 339 Å². The summed E-state index contributed by atoms with van der Waals surface area (Å²) in [5.41, 5.74) is 47.8. The maximum atomic E-state index is 6.79. The summed E-state index contributed by atoms with van der Waals surface area (Å²) in [6.45, 7) is 13.5.